The molecule has 0 atom stereocenters. The van der Waals surface area contributed by atoms with E-state index in [1.807, 2.05) is 0 Å². The van der Waals surface area contributed by atoms with Gasteiger partial charge in [0.2, 0.25) is 0 Å². The van der Waals surface area contributed by atoms with Crippen molar-refractivity contribution in [1.29, 1.82) is 0 Å². The van der Waals surface area contributed by atoms with Crippen molar-refractivity contribution < 1.29 is 4.74 Å². The summed E-state index contributed by atoms with van der Waals surface area (Å²) < 4.78 is 4.98. The van der Waals surface area contributed by atoms with E-state index in [9.17, 15) is 0 Å². The summed E-state index contributed by atoms with van der Waals surface area (Å²) >= 11 is 0. The maximum atomic E-state index is 4.98. The SMILES string of the molecule is CN=C(NCCCC1CCCC1)NCCOC. The molecule has 1 aliphatic carbocycles. The molecule has 0 radical (unpaired) electrons. The topological polar surface area (TPSA) is 45.7 Å². The van der Waals surface area contributed by atoms with Crippen molar-refractivity contribution in [2.75, 3.05) is 33.9 Å². The maximum absolute atomic E-state index is 4.98. The molecule has 1 fully saturated rings. The molecule has 0 bridgehead atoms. The number of aliphatic imine (C=N–C) groups is 1. The van der Waals surface area contributed by atoms with Gasteiger partial charge in [0, 0.05) is 27.2 Å². The molecule has 2 N–H and O–H groups in total. The third-order valence-electron chi connectivity index (χ3n) is 3.38. The average molecular weight is 241 g/mol. The first-order valence-electron chi connectivity index (χ1n) is 6.80. The minimum absolute atomic E-state index is 0.711. The Hall–Kier alpha value is -0.770. The van der Waals surface area contributed by atoms with Crippen LogP contribution in [0.3, 0.4) is 0 Å². The molecule has 0 aromatic rings. The van der Waals surface area contributed by atoms with Gasteiger partial charge in [-0.3, -0.25) is 4.99 Å². The summed E-state index contributed by atoms with van der Waals surface area (Å²) in [5.41, 5.74) is 0. The van der Waals surface area contributed by atoms with Crippen LogP contribution < -0.4 is 10.6 Å². The Labute approximate surface area is 105 Å². The van der Waals surface area contributed by atoms with E-state index >= 15 is 0 Å². The van der Waals surface area contributed by atoms with Crippen LogP contribution >= 0.6 is 0 Å². The molecule has 0 aliphatic heterocycles. The Morgan fingerprint density at radius 3 is 2.59 bits per heavy atom. The molecule has 0 heterocycles. The fraction of sp³-hybridized carbons (Fsp3) is 0.923. The summed E-state index contributed by atoms with van der Waals surface area (Å²) in [5, 5.41) is 6.55. The monoisotopic (exact) mass is 241 g/mol. The number of methoxy groups -OCH3 is 1. The molecule has 1 aliphatic rings. The fourth-order valence-electron chi connectivity index (χ4n) is 2.39. The first kappa shape index (κ1) is 14.3. The number of nitrogens with one attached hydrogen (secondary N) is 2. The highest BCUT2D eigenvalue weighted by Gasteiger charge is 2.13. The van der Waals surface area contributed by atoms with E-state index in [1.54, 1.807) is 14.2 Å². The van der Waals surface area contributed by atoms with Crippen LogP contribution in [0.1, 0.15) is 38.5 Å². The van der Waals surface area contributed by atoms with E-state index in [0.29, 0.717) is 6.61 Å². The van der Waals surface area contributed by atoms with Crippen LogP contribution in [0, 0.1) is 5.92 Å². The highest BCUT2D eigenvalue weighted by Crippen LogP contribution is 2.28. The molecule has 1 saturated carbocycles. The Kier molecular flexibility index (Phi) is 7.80. The van der Waals surface area contributed by atoms with Gasteiger partial charge in [-0.2, -0.15) is 0 Å². The molecule has 0 aromatic carbocycles. The standard InChI is InChI=1S/C13H27N3O/c1-14-13(16-10-11-17-2)15-9-5-8-12-6-3-4-7-12/h12H,3-11H2,1-2H3,(H2,14,15,16). The lowest BCUT2D eigenvalue weighted by molar-refractivity contribution is 0.203. The molecule has 1 rings (SSSR count). The molecule has 0 saturated heterocycles. The van der Waals surface area contributed by atoms with Crippen molar-refractivity contribution in [3.63, 3.8) is 0 Å². The summed E-state index contributed by atoms with van der Waals surface area (Å²) in [6.07, 6.45) is 8.38. The normalized spacial score (nSPS) is 17.4. The first-order valence-corrected chi connectivity index (χ1v) is 6.80. The Morgan fingerprint density at radius 2 is 1.94 bits per heavy atom. The van der Waals surface area contributed by atoms with Crippen LogP contribution in [0.4, 0.5) is 0 Å². The molecular weight excluding hydrogens is 214 g/mol. The number of hydrogen-bond acceptors (Lipinski definition) is 2. The molecule has 0 aromatic heterocycles. The van der Waals surface area contributed by atoms with Gasteiger partial charge in [-0.15, -0.1) is 0 Å². The van der Waals surface area contributed by atoms with Crippen LogP contribution in [0.5, 0.6) is 0 Å². The molecule has 4 nitrogen and oxygen atoms in total. The fourth-order valence-corrected chi connectivity index (χ4v) is 2.39. The van der Waals surface area contributed by atoms with E-state index in [0.717, 1.165) is 25.0 Å². The van der Waals surface area contributed by atoms with Crippen molar-refractivity contribution in [3.8, 4) is 0 Å². The van der Waals surface area contributed by atoms with Crippen molar-refractivity contribution in [3.05, 3.63) is 0 Å². The van der Waals surface area contributed by atoms with Crippen LogP contribution in [0.2, 0.25) is 0 Å². The quantitative estimate of drug-likeness (QED) is 0.406. The van der Waals surface area contributed by atoms with E-state index < -0.39 is 0 Å². The predicted molar refractivity (Wildman–Crippen MR) is 72.4 cm³/mol. The van der Waals surface area contributed by atoms with Crippen molar-refractivity contribution >= 4 is 5.96 Å². The minimum atomic E-state index is 0.711. The highest BCUT2D eigenvalue weighted by molar-refractivity contribution is 5.79. The summed E-state index contributed by atoms with van der Waals surface area (Å²) in [5.74, 6) is 1.87. The number of ether oxygens (including phenoxy) is 1. The van der Waals surface area contributed by atoms with Crippen LogP contribution in [-0.2, 0) is 4.74 Å². The lowest BCUT2D eigenvalue weighted by Gasteiger charge is -2.12. The number of rotatable bonds is 7. The van der Waals surface area contributed by atoms with Gasteiger partial charge in [-0.05, 0) is 18.8 Å². The van der Waals surface area contributed by atoms with Crippen molar-refractivity contribution in [1.82, 2.24) is 10.6 Å². The van der Waals surface area contributed by atoms with E-state index in [-0.39, 0.29) is 0 Å². The molecular formula is C13H27N3O. The van der Waals surface area contributed by atoms with Gasteiger partial charge in [0.25, 0.3) is 0 Å². The van der Waals surface area contributed by atoms with E-state index in [4.69, 9.17) is 4.74 Å². The lowest BCUT2D eigenvalue weighted by Crippen LogP contribution is -2.39. The Balaban J connectivity index is 1.99. The van der Waals surface area contributed by atoms with Gasteiger partial charge in [0.1, 0.15) is 0 Å². The zero-order valence-electron chi connectivity index (χ0n) is 11.3. The Bertz CT molecular complexity index is 213. The summed E-state index contributed by atoms with van der Waals surface area (Å²) in [7, 11) is 3.51. The Morgan fingerprint density at radius 1 is 1.24 bits per heavy atom. The third-order valence-corrected chi connectivity index (χ3v) is 3.38. The first-order chi connectivity index (χ1) is 8.36. The molecule has 0 unspecified atom stereocenters. The van der Waals surface area contributed by atoms with Gasteiger partial charge in [0.05, 0.1) is 6.61 Å². The lowest BCUT2D eigenvalue weighted by atomic mass is 10.0. The van der Waals surface area contributed by atoms with E-state index in [1.165, 1.54) is 38.5 Å². The van der Waals surface area contributed by atoms with Crippen molar-refractivity contribution in [2.24, 2.45) is 10.9 Å². The molecule has 4 heteroatoms. The van der Waals surface area contributed by atoms with Gasteiger partial charge >= 0.3 is 0 Å². The highest BCUT2D eigenvalue weighted by atomic mass is 16.5. The van der Waals surface area contributed by atoms with Crippen molar-refractivity contribution in [2.45, 2.75) is 38.5 Å². The second kappa shape index (κ2) is 9.28. The number of guanidine groups is 1. The smallest absolute Gasteiger partial charge is 0.191 e. The largest absolute Gasteiger partial charge is 0.383 e. The molecule has 0 spiro atoms. The van der Waals surface area contributed by atoms with Crippen LogP contribution in [0.15, 0.2) is 4.99 Å². The van der Waals surface area contributed by atoms with Gasteiger partial charge in [-0.1, -0.05) is 25.7 Å². The zero-order valence-corrected chi connectivity index (χ0v) is 11.3. The molecule has 0 amide bonds. The predicted octanol–water partition coefficient (Wildman–Crippen LogP) is 1.77. The minimum Gasteiger partial charge on any atom is -0.383 e. The van der Waals surface area contributed by atoms with Gasteiger partial charge in [-0.25, -0.2) is 0 Å². The number of nitrogens with zero attached hydrogens (tertiary/aromatic N) is 1. The second-order valence-electron chi connectivity index (χ2n) is 4.71. The van der Waals surface area contributed by atoms with Crippen LogP contribution in [-0.4, -0.2) is 39.8 Å². The summed E-state index contributed by atoms with van der Waals surface area (Å²) in [6.45, 7) is 2.53. The summed E-state index contributed by atoms with van der Waals surface area (Å²) in [6, 6.07) is 0. The van der Waals surface area contributed by atoms with E-state index in [2.05, 4.69) is 15.6 Å². The van der Waals surface area contributed by atoms with Gasteiger partial charge < -0.3 is 15.4 Å². The average Bonchev–Trinajstić information content (AvgIpc) is 2.85. The zero-order chi connectivity index (χ0) is 12.3. The molecule has 17 heavy (non-hydrogen) atoms. The van der Waals surface area contributed by atoms with Crippen LogP contribution in [0.25, 0.3) is 0 Å². The summed E-state index contributed by atoms with van der Waals surface area (Å²) in [4.78, 5) is 4.17. The maximum Gasteiger partial charge on any atom is 0.191 e. The molecule has 100 valence electrons. The second-order valence-corrected chi connectivity index (χ2v) is 4.71. The van der Waals surface area contributed by atoms with Gasteiger partial charge in [0.15, 0.2) is 5.96 Å². The number of hydrogen-bond donors (Lipinski definition) is 2. The third kappa shape index (κ3) is 6.51.